The number of rotatable bonds is 3. The number of aliphatic hydroxyl groups is 1. The number of hydrogen-bond acceptors (Lipinski definition) is 3. The van der Waals surface area contributed by atoms with Gasteiger partial charge in [0, 0.05) is 0 Å². The van der Waals surface area contributed by atoms with Crippen molar-refractivity contribution in [2.24, 2.45) is 56.7 Å². The Kier molecular flexibility index (Phi) is 5.48. The summed E-state index contributed by atoms with van der Waals surface area (Å²) in [4.78, 5) is 26.3. The fourth-order valence-electron chi connectivity index (χ4n) is 11.6. The topological polar surface area (TPSA) is 94.8 Å². The summed E-state index contributed by atoms with van der Waals surface area (Å²) in [7, 11) is 0. The summed E-state index contributed by atoms with van der Waals surface area (Å²) in [6.45, 7) is 15.3. The first-order chi connectivity index (χ1) is 16.2. The van der Waals surface area contributed by atoms with Crippen LogP contribution in [0.25, 0.3) is 0 Å². The van der Waals surface area contributed by atoms with Gasteiger partial charge in [-0.2, -0.15) is 0 Å². The zero-order valence-corrected chi connectivity index (χ0v) is 22.4. The van der Waals surface area contributed by atoms with E-state index in [0.717, 1.165) is 50.5 Å². The van der Waals surface area contributed by atoms with Gasteiger partial charge < -0.3 is 15.3 Å². The number of carboxylic acid groups (broad SMARTS) is 2. The molecule has 35 heavy (non-hydrogen) atoms. The van der Waals surface area contributed by atoms with Gasteiger partial charge in [-0.1, -0.05) is 39.8 Å². The summed E-state index contributed by atoms with van der Waals surface area (Å²) in [5.41, 5.74) is -1.25. The van der Waals surface area contributed by atoms with Crippen molar-refractivity contribution in [3.05, 3.63) is 12.2 Å². The molecule has 0 aromatic heterocycles. The highest BCUT2D eigenvalue weighted by Gasteiger charge is 2.75. The summed E-state index contributed by atoms with van der Waals surface area (Å²) in [5, 5.41) is 32.5. The number of aliphatic carboxylic acids is 2. The molecule has 10 atom stereocenters. The highest BCUT2D eigenvalue weighted by molar-refractivity contribution is 5.80. The molecule has 5 saturated carbocycles. The van der Waals surface area contributed by atoms with E-state index in [1.165, 1.54) is 0 Å². The summed E-state index contributed by atoms with van der Waals surface area (Å²) >= 11 is 0. The SMILES string of the molecule is C=C(C)[C@@H]1CC[C@]2(C(=O)O)CC[C@]3(C(=O)O)[C@H](CC[C@@H]4[C@@]5(C)CC[C@H](O)C(C)(C)[C@H]5CC[C@]43C)[C@H]12. The molecule has 0 aliphatic heterocycles. The first-order valence-corrected chi connectivity index (χ1v) is 14.0. The van der Waals surface area contributed by atoms with Gasteiger partial charge in [-0.05, 0) is 117 Å². The average molecular weight is 487 g/mol. The molecule has 5 aliphatic carbocycles. The third-order valence-electron chi connectivity index (χ3n) is 13.3. The fourth-order valence-corrected chi connectivity index (χ4v) is 11.6. The van der Waals surface area contributed by atoms with Gasteiger partial charge in [0.25, 0.3) is 0 Å². The van der Waals surface area contributed by atoms with Crippen LogP contribution in [0, 0.1) is 56.7 Å². The van der Waals surface area contributed by atoms with Gasteiger partial charge in [0.1, 0.15) is 0 Å². The van der Waals surface area contributed by atoms with Gasteiger partial charge in [-0.3, -0.25) is 9.59 Å². The van der Waals surface area contributed by atoms with Crippen molar-refractivity contribution in [3.8, 4) is 0 Å². The first kappa shape index (κ1) is 25.3. The lowest BCUT2D eigenvalue weighted by molar-refractivity contribution is -0.254. The molecule has 3 N–H and O–H groups in total. The highest BCUT2D eigenvalue weighted by Crippen LogP contribution is 2.77. The van der Waals surface area contributed by atoms with Crippen molar-refractivity contribution < 1.29 is 24.9 Å². The minimum absolute atomic E-state index is 0.00604. The van der Waals surface area contributed by atoms with Crippen LogP contribution < -0.4 is 0 Å². The Morgan fingerprint density at radius 2 is 1.49 bits per heavy atom. The van der Waals surface area contributed by atoms with Crippen molar-refractivity contribution in [2.75, 3.05) is 0 Å². The van der Waals surface area contributed by atoms with Crippen LogP contribution in [0.5, 0.6) is 0 Å². The summed E-state index contributed by atoms with van der Waals surface area (Å²) < 4.78 is 0. The second kappa shape index (κ2) is 7.58. The minimum atomic E-state index is -0.897. The number of fused-ring (bicyclic) bond motifs is 7. The van der Waals surface area contributed by atoms with Gasteiger partial charge in [0.2, 0.25) is 0 Å². The molecule has 0 bridgehead atoms. The number of carboxylic acids is 2. The molecule has 5 fully saturated rings. The van der Waals surface area contributed by atoms with Crippen LogP contribution in [0.2, 0.25) is 0 Å². The Morgan fingerprint density at radius 1 is 0.800 bits per heavy atom. The van der Waals surface area contributed by atoms with Gasteiger partial charge in [0.15, 0.2) is 0 Å². The molecule has 0 aromatic rings. The van der Waals surface area contributed by atoms with Crippen molar-refractivity contribution in [2.45, 2.75) is 105 Å². The number of hydrogen-bond donors (Lipinski definition) is 3. The number of carbonyl (C=O) groups is 2. The average Bonchev–Trinajstić information content (AvgIpc) is 3.18. The molecule has 0 aromatic carbocycles. The Bertz CT molecular complexity index is 954. The fraction of sp³-hybridized carbons (Fsp3) is 0.867. The molecule has 196 valence electrons. The van der Waals surface area contributed by atoms with Gasteiger partial charge in [-0.25, -0.2) is 0 Å². The molecule has 0 heterocycles. The van der Waals surface area contributed by atoms with Crippen LogP contribution in [-0.4, -0.2) is 33.4 Å². The molecule has 0 radical (unpaired) electrons. The molecule has 0 amide bonds. The van der Waals surface area contributed by atoms with Crippen molar-refractivity contribution in [3.63, 3.8) is 0 Å². The maximum Gasteiger partial charge on any atom is 0.310 e. The van der Waals surface area contributed by atoms with E-state index >= 15 is 0 Å². The third-order valence-corrected chi connectivity index (χ3v) is 13.3. The smallest absolute Gasteiger partial charge is 0.310 e. The maximum absolute atomic E-state index is 13.5. The quantitative estimate of drug-likeness (QED) is 0.416. The molecular weight excluding hydrogens is 440 g/mol. The van der Waals surface area contributed by atoms with E-state index < -0.39 is 22.8 Å². The predicted octanol–water partition coefficient (Wildman–Crippen LogP) is 6.15. The van der Waals surface area contributed by atoms with E-state index in [1.54, 1.807) is 0 Å². The van der Waals surface area contributed by atoms with E-state index in [4.69, 9.17) is 0 Å². The molecular formula is C30H46O5. The van der Waals surface area contributed by atoms with Gasteiger partial charge in [0.05, 0.1) is 16.9 Å². The summed E-state index contributed by atoms with van der Waals surface area (Å²) in [6, 6.07) is 0. The second-order valence-electron chi connectivity index (χ2n) is 14.4. The molecule has 0 spiro atoms. The van der Waals surface area contributed by atoms with Crippen LogP contribution in [0.3, 0.4) is 0 Å². The lowest BCUT2D eigenvalue weighted by atomic mass is 9.32. The van der Waals surface area contributed by atoms with Crippen LogP contribution in [0.1, 0.15) is 98.8 Å². The minimum Gasteiger partial charge on any atom is -0.481 e. The lowest BCUT2D eigenvalue weighted by Gasteiger charge is -2.71. The van der Waals surface area contributed by atoms with E-state index in [-0.39, 0.29) is 46.0 Å². The highest BCUT2D eigenvalue weighted by atomic mass is 16.4. The lowest BCUT2D eigenvalue weighted by Crippen LogP contribution is -2.69. The van der Waals surface area contributed by atoms with Crippen molar-refractivity contribution in [1.82, 2.24) is 0 Å². The Labute approximate surface area is 210 Å². The van der Waals surface area contributed by atoms with Crippen LogP contribution in [-0.2, 0) is 9.59 Å². The van der Waals surface area contributed by atoms with Crippen LogP contribution >= 0.6 is 0 Å². The van der Waals surface area contributed by atoms with E-state index in [2.05, 4.69) is 34.3 Å². The van der Waals surface area contributed by atoms with E-state index in [1.807, 2.05) is 6.92 Å². The molecule has 5 heteroatoms. The third kappa shape index (κ3) is 2.85. The van der Waals surface area contributed by atoms with Gasteiger partial charge >= 0.3 is 11.9 Å². The van der Waals surface area contributed by atoms with Crippen molar-refractivity contribution in [1.29, 1.82) is 0 Å². The zero-order valence-electron chi connectivity index (χ0n) is 22.4. The standard InChI is InChI=1S/C30H46O5/c1-17(2)18-9-14-29(24(32)33)15-16-30(25(34)35)19(23(18)29)7-8-21-27(5)12-11-22(31)26(3,4)20(27)10-13-28(21,30)6/h18-23,31H,1,7-16H2,2-6H3,(H,32,33)(H,34,35)/t18-,19+,20+,21+,22-,23-,27-,28+,29-,30+/m0/s1. The monoisotopic (exact) mass is 486 g/mol. The molecule has 0 saturated heterocycles. The van der Waals surface area contributed by atoms with Crippen molar-refractivity contribution >= 4 is 11.9 Å². The van der Waals surface area contributed by atoms with E-state index in [0.29, 0.717) is 25.2 Å². The van der Waals surface area contributed by atoms with Crippen LogP contribution in [0.4, 0.5) is 0 Å². The summed E-state index contributed by atoms with van der Waals surface area (Å²) in [5.74, 6) is -0.959. The van der Waals surface area contributed by atoms with E-state index in [9.17, 15) is 24.9 Å². The normalized spacial score (nSPS) is 52.4. The Hall–Kier alpha value is -1.36. The predicted molar refractivity (Wildman–Crippen MR) is 135 cm³/mol. The Morgan fingerprint density at radius 3 is 2.09 bits per heavy atom. The molecule has 5 nitrogen and oxygen atoms in total. The number of aliphatic hydroxyl groups excluding tert-OH is 1. The summed E-state index contributed by atoms with van der Waals surface area (Å²) in [6.07, 6.45) is 7.34. The van der Waals surface area contributed by atoms with Crippen LogP contribution in [0.15, 0.2) is 12.2 Å². The zero-order chi connectivity index (χ0) is 25.8. The molecule has 5 rings (SSSR count). The molecule has 0 unspecified atom stereocenters. The first-order valence-electron chi connectivity index (χ1n) is 14.0. The molecule has 5 aliphatic rings. The Balaban J connectivity index is 1.64. The van der Waals surface area contributed by atoms with Gasteiger partial charge in [-0.15, -0.1) is 0 Å². The second-order valence-corrected chi connectivity index (χ2v) is 14.4. The maximum atomic E-state index is 13.5. The number of allylic oxidation sites excluding steroid dienone is 1. The largest absolute Gasteiger partial charge is 0.481 e.